The molecule has 0 bridgehead atoms. The largest absolute Gasteiger partial charge is 0.369 e. The van der Waals surface area contributed by atoms with E-state index in [0.29, 0.717) is 11.6 Å². The van der Waals surface area contributed by atoms with Crippen molar-refractivity contribution in [1.82, 2.24) is 0 Å². The Balaban J connectivity index is 2.70. The average molecular weight is 340 g/mol. The molecule has 1 aromatic carbocycles. The first-order chi connectivity index (χ1) is 11.5. The minimum absolute atomic E-state index is 0.413. The lowest BCUT2D eigenvalue weighted by Crippen LogP contribution is -2.30. The summed E-state index contributed by atoms with van der Waals surface area (Å²) in [6.45, 7) is 10.4. The lowest BCUT2D eigenvalue weighted by atomic mass is 9.91. The van der Waals surface area contributed by atoms with Crippen LogP contribution in [0.15, 0.2) is 18.2 Å². The smallest absolute Gasteiger partial charge is 0.182 e. The van der Waals surface area contributed by atoms with Crippen LogP contribution in [0, 0.1) is 23.5 Å². The number of rotatable bonds is 12. The van der Waals surface area contributed by atoms with E-state index in [1.165, 1.54) is 31.7 Å². The molecule has 0 N–H and O–H groups in total. The van der Waals surface area contributed by atoms with Gasteiger partial charge in [0.05, 0.1) is 5.69 Å². The minimum atomic E-state index is -0.754. The maximum atomic E-state index is 14.2. The molecule has 24 heavy (non-hydrogen) atoms. The molecule has 0 aromatic heterocycles. The molecule has 0 spiro atoms. The number of benzene rings is 1. The molecule has 0 saturated heterocycles. The number of anilines is 1. The van der Waals surface area contributed by atoms with Crippen molar-refractivity contribution >= 4 is 5.69 Å². The van der Waals surface area contributed by atoms with E-state index in [2.05, 4.69) is 27.7 Å². The summed E-state index contributed by atoms with van der Waals surface area (Å²) in [7, 11) is 0. The number of halogens is 2. The van der Waals surface area contributed by atoms with Crippen molar-refractivity contribution in [3.63, 3.8) is 0 Å². The van der Waals surface area contributed by atoms with Crippen molar-refractivity contribution in [3.8, 4) is 0 Å². The molecule has 1 nitrogen and oxygen atoms in total. The maximum absolute atomic E-state index is 14.2. The number of hydrogen-bond donors (Lipinski definition) is 0. The van der Waals surface area contributed by atoms with E-state index in [-0.39, 0.29) is 0 Å². The molecule has 0 aliphatic carbocycles. The molecular weight excluding hydrogens is 304 g/mol. The van der Waals surface area contributed by atoms with Gasteiger partial charge in [0.25, 0.3) is 0 Å². The van der Waals surface area contributed by atoms with E-state index in [0.717, 1.165) is 38.3 Å². The molecule has 2 unspecified atom stereocenters. The maximum Gasteiger partial charge on any atom is 0.182 e. The molecule has 0 aliphatic heterocycles. The van der Waals surface area contributed by atoms with Crippen LogP contribution in [0.25, 0.3) is 0 Å². The van der Waals surface area contributed by atoms with E-state index >= 15 is 0 Å². The third-order valence-electron chi connectivity index (χ3n) is 4.93. The van der Waals surface area contributed by atoms with E-state index in [9.17, 15) is 8.78 Å². The fraction of sp³-hybridized carbons (Fsp3) is 0.714. The van der Waals surface area contributed by atoms with E-state index in [1.807, 2.05) is 4.90 Å². The SMILES string of the molecule is CCCCN(CC(C)CCC(CC)CCC)c1cccc(F)c1F. The highest BCUT2D eigenvalue weighted by molar-refractivity contribution is 5.48. The predicted octanol–water partition coefficient (Wildman–Crippen LogP) is 6.81. The summed E-state index contributed by atoms with van der Waals surface area (Å²) in [5, 5.41) is 0. The quantitative estimate of drug-likeness (QED) is 0.404. The third kappa shape index (κ3) is 6.78. The summed E-state index contributed by atoms with van der Waals surface area (Å²) in [5.74, 6) is -0.184. The first kappa shape index (κ1) is 20.9. The van der Waals surface area contributed by atoms with Gasteiger partial charge in [-0.05, 0) is 36.8 Å². The van der Waals surface area contributed by atoms with Crippen LogP contribution in [0.4, 0.5) is 14.5 Å². The highest BCUT2D eigenvalue weighted by atomic mass is 19.2. The number of hydrogen-bond acceptors (Lipinski definition) is 1. The molecule has 3 heteroatoms. The lowest BCUT2D eigenvalue weighted by Gasteiger charge is -2.29. The van der Waals surface area contributed by atoms with Gasteiger partial charge in [0.1, 0.15) is 0 Å². The van der Waals surface area contributed by atoms with Crippen molar-refractivity contribution in [2.24, 2.45) is 11.8 Å². The lowest BCUT2D eigenvalue weighted by molar-refractivity contribution is 0.375. The van der Waals surface area contributed by atoms with Gasteiger partial charge in [0.2, 0.25) is 0 Å². The Morgan fingerprint density at radius 1 is 1.00 bits per heavy atom. The van der Waals surface area contributed by atoms with Crippen LogP contribution >= 0.6 is 0 Å². The third-order valence-corrected chi connectivity index (χ3v) is 4.93. The van der Waals surface area contributed by atoms with E-state index in [1.54, 1.807) is 12.1 Å². The monoisotopic (exact) mass is 339 g/mol. The summed E-state index contributed by atoms with van der Waals surface area (Å²) in [6, 6.07) is 4.50. The highest BCUT2D eigenvalue weighted by Crippen LogP contribution is 2.25. The normalized spacial score (nSPS) is 13.8. The van der Waals surface area contributed by atoms with E-state index < -0.39 is 11.6 Å². The summed E-state index contributed by atoms with van der Waals surface area (Å²) < 4.78 is 27.8. The number of nitrogens with zero attached hydrogens (tertiary/aromatic N) is 1. The van der Waals surface area contributed by atoms with Gasteiger partial charge in [-0.3, -0.25) is 0 Å². The molecular formula is C21H35F2N. The molecule has 0 aliphatic rings. The number of unbranched alkanes of at least 4 members (excludes halogenated alkanes) is 1. The van der Waals surface area contributed by atoms with Crippen molar-refractivity contribution < 1.29 is 8.78 Å². The van der Waals surface area contributed by atoms with Gasteiger partial charge in [-0.2, -0.15) is 0 Å². The van der Waals surface area contributed by atoms with Crippen LogP contribution in [0.1, 0.15) is 72.6 Å². The molecule has 138 valence electrons. The Labute approximate surface area is 147 Å². The zero-order valence-corrected chi connectivity index (χ0v) is 16.0. The average Bonchev–Trinajstić information content (AvgIpc) is 2.58. The van der Waals surface area contributed by atoms with Gasteiger partial charge >= 0.3 is 0 Å². The fourth-order valence-electron chi connectivity index (χ4n) is 3.34. The molecule has 0 fully saturated rings. The molecule has 0 amide bonds. The Hall–Kier alpha value is -1.12. The van der Waals surface area contributed by atoms with Crippen LogP contribution in [-0.2, 0) is 0 Å². The first-order valence-electron chi connectivity index (χ1n) is 9.72. The highest BCUT2D eigenvalue weighted by Gasteiger charge is 2.17. The second-order valence-electron chi connectivity index (χ2n) is 7.12. The van der Waals surface area contributed by atoms with Crippen LogP contribution in [0.5, 0.6) is 0 Å². The van der Waals surface area contributed by atoms with Crippen molar-refractivity contribution in [2.75, 3.05) is 18.0 Å². The molecule has 0 heterocycles. The Bertz CT molecular complexity index is 461. The van der Waals surface area contributed by atoms with Crippen LogP contribution < -0.4 is 4.90 Å². The predicted molar refractivity (Wildman–Crippen MR) is 101 cm³/mol. The van der Waals surface area contributed by atoms with Gasteiger partial charge in [-0.1, -0.05) is 65.9 Å². The van der Waals surface area contributed by atoms with Crippen molar-refractivity contribution in [3.05, 3.63) is 29.8 Å². The zero-order valence-electron chi connectivity index (χ0n) is 16.0. The molecule has 0 radical (unpaired) electrons. The zero-order chi connectivity index (χ0) is 17.9. The Kier molecular flexibility index (Phi) is 9.97. The molecule has 1 rings (SSSR count). The van der Waals surface area contributed by atoms with Gasteiger partial charge < -0.3 is 4.90 Å². The second kappa shape index (κ2) is 11.4. The molecule has 2 atom stereocenters. The standard InChI is InChI=1S/C21H35F2N/c1-5-8-15-24(20-12-9-11-19(22)21(20)23)16-17(4)13-14-18(7-3)10-6-2/h9,11-12,17-18H,5-8,10,13-16H2,1-4H3. The first-order valence-corrected chi connectivity index (χ1v) is 9.72. The summed E-state index contributed by atoms with van der Waals surface area (Å²) >= 11 is 0. The van der Waals surface area contributed by atoms with Crippen molar-refractivity contribution in [2.45, 2.75) is 72.6 Å². The van der Waals surface area contributed by atoms with Crippen molar-refractivity contribution in [1.29, 1.82) is 0 Å². The van der Waals surface area contributed by atoms with Gasteiger partial charge in [-0.15, -0.1) is 0 Å². The summed E-state index contributed by atoms with van der Waals surface area (Å²) in [6.07, 6.45) is 8.20. The van der Waals surface area contributed by atoms with Crippen LogP contribution in [-0.4, -0.2) is 13.1 Å². The fourth-order valence-corrected chi connectivity index (χ4v) is 3.34. The minimum Gasteiger partial charge on any atom is -0.369 e. The van der Waals surface area contributed by atoms with Crippen LogP contribution in [0.2, 0.25) is 0 Å². The Morgan fingerprint density at radius 3 is 2.38 bits per heavy atom. The Morgan fingerprint density at radius 2 is 1.75 bits per heavy atom. The van der Waals surface area contributed by atoms with Gasteiger partial charge in [0.15, 0.2) is 11.6 Å². The summed E-state index contributed by atoms with van der Waals surface area (Å²) in [5.41, 5.74) is 0.413. The topological polar surface area (TPSA) is 3.24 Å². The summed E-state index contributed by atoms with van der Waals surface area (Å²) in [4.78, 5) is 2.04. The molecule has 1 aromatic rings. The second-order valence-corrected chi connectivity index (χ2v) is 7.12. The van der Waals surface area contributed by atoms with E-state index in [4.69, 9.17) is 0 Å². The van der Waals surface area contributed by atoms with Gasteiger partial charge in [-0.25, -0.2) is 8.78 Å². The molecule has 0 saturated carbocycles. The van der Waals surface area contributed by atoms with Gasteiger partial charge in [0, 0.05) is 13.1 Å². The van der Waals surface area contributed by atoms with Crippen LogP contribution in [0.3, 0.4) is 0 Å².